The number of aromatic nitrogens is 1. The third-order valence-electron chi connectivity index (χ3n) is 5.80. The minimum Gasteiger partial charge on any atom is -0.486 e. The van der Waals surface area contributed by atoms with E-state index in [2.05, 4.69) is 10.3 Å². The Bertz CT molecular complexity index is 1650. The molecule has 0 radical (unpaired) electrons. The molecular formula is C27H20F3N3O5S. The van der Waals surface area contributed by atoms with Crippen molar-refractivity contribution in [3.05, 3.63) is 88.5 Å². The lowest BCUT2D eigenvalue weighted by Gasteiger charge is -2.10. The maximum atomic E-state index is 13.6. The smallest absolute Gasteiger partial charge is 0.433 e. The molecule has 0 bridgehead atoms. The highest BCUT2D eigenvalue weighted by molar-refractivity contribution is 7.21. The van der Waals surface area contributed by atoms with Crippen molar-refractivity contribution in [1.82, 2.24) is 4.98 Å². The van der Waals surface area contributed by atoms with Gasteiger partial charge >= 0.3 is 6.18 Å². The summed E-state index contributed by atoms with van der Waals surface area (Å²) in [6.45, 7) is 2.10. The van der Waals surface area contributed by atoms with Gasteiger partial charge in [-0.3, -0.25) is 9.59 Å². The summed E-state index contributed by atoms with van der Waals surface area (Å²) in [5, 5.41) is 2.64. The van der Waals surface area contributed by atoms with Crippen LogP contribution in [0.15, 0.2) is 69.7 Å². The van der Waals surface area contributed by atoms with E-state index in [0.717, 1.165) is 18.1 Å². The number of fused-ring (bicyclic) bond motifs is 1. The maximum Gasteiger partial charge on any atom is 0.433 e. The van der Waals surface area contributed by atoms with E-state index in [1.165, 1.54) is 24.5 Å². The van der Waals surface area contributed by atoms with Crippen LogP contribution in [0.3, 0.4) is 0 Å². The molecule has 0 atom stereocenters. The number of rotatable bonds is 8. The van der Waals surface area contributed by atoms with E-state index in [9.17, 15) is 22.8 Å². The number of carbonyl (C=O) groups excluding carboxylic acids is 2. The number of carbonyl (C=O) groups is 2. The summed E-state index contributed by atoms with van der Waals surface area (Å²) in [7, 11) is 0. The number of aryl methyl sites for hydroxylation is 1. The quantitative estimate of drug-likeness (QED) is 0.221. The lowest BCUT2D eigenvalue weighted by atomic mass is 10.1. The van der Waals surface area contributed by atoms with Crippen LogP contribution in [0.2, 0.25) is 0 Å². The highest BCUT2D eigenvalue weighted by Crippen LogP contribution is 2.43. The molecule has 3 N–H and O–H groups in total. The van der Waals surface area contributed by atoms with Crippen molar-refractivity contribution in [3.8, 4) is 17.1 Å². The number of furan rings is 2. The average Bonchev–Trinajstić information content (AvgIpc) is 3.67. The summed E-state index contributed by atoms with van der Waals surface area (Å²) in [5.74, 6) is -0.735. The van der Waals surface area contributed by atoms with E-state index in [4.69, 9.17) is 19.3 Å². The van der Waals surface area contributed by atoms with Gasteiger partial charge in [-0.05, 0) is 54.4 Å². The number of benzene rings is 1. The number of hydrogen-bond acceptors (Lipinski definition) is 7. The van der Waals surface area contributed by atoms with E-state index in [0.29, 0.717) is 22.8 Å². The Balaban J connectivity index is 1.46. The second-order valence-electron chi connectivity index (χ2n) is 8.39. The minimum absolute atomic E-state index is 0.0148. The molecule has 4 heterocycles. The summed E-state index contributed by atoms with van der Waals surface area (Å²) < 4.78 is 57.4. The average molecular weight is 556 g/mol. The molecule has 0 spiro atoms. The highest BCUT2D eigenvalue weighted by atomic mass is 32.1. The van der Waals surface area contributed by atoms with Gasteiger partial charge in [0.25, 0.3) is 11.8 Å². The van der Waals surface area contributed by atoms with E-state index >= 15 is 0 Å². The fourth-order valence-corrected chi connectivity index (χ4v) is 4.90. The first-order valence-electron chi connectivity index (χ1n) is 11.6. The number of nitrogens with one attached hydrogen (secondary N) is 1. The number of thiophene rings is 1. The Morgan fingerprint density at radius 2 is 1.90 bits per heavy atom. The number of ether oxygens (including phenoxy) is 1. The van der Waals surface area contributed by atoms with Crippen molar-refractivity contribution < 1.29 is 36.3 Å². The summed E-state index contributed by atoms with van der Waals surface area (Å²) in [6.07, 6.45) is -2.57. The number of primary amides is 1. The number of halogens is 3. The van der Waals surface area contributed by atoms with Gasteiger partial charge in [0.2, 0.25) is 0 Å². The molecule has 200 valence electrons. The van der Waals surface area contributed by atoms with Crippen molar-refractivity contribution in [1.29, 1.82) is 0 Å². The van der Waals surface area contributed by atoms with Gasteiger partial charge in [0, 0.05) is 10.9 Å². The van der Waals surface area contributed by atoms with E-state index in [1.807, 2.05) is 31.2 Å². The number of alkyl halides is 3. The monoisotopic (exact) mass is 555 g/mol. The number of amides is 2. The Morgan fingerprint density at radius 1 is 1.13 bits per heavy atom. The standard InChI is InChI=1S/C27H20F3N3O5S/c1-2-14-5-7-15(8-6-14)37-13-16-9-10-19(38-16)25(35)33-22-21-17(18-4-3-11-36-18)12-20(27(28,29)30)32-26(21)39-23(22)24(31)34/h3-12H,2,13H2,1H3,(H2,31,34)(H,33,35). The van der Waals surface area contributed by atoms with Crippen molar-refractivity contribution in [2.75, 3.05) is 5.32 Å². The zero-order chi connectivity index (χ0) is 27.7. The predicted molar refractivity (Wildman–Crippen MR) is 138 cm³/mol. The lowest BCUT2D eigenvalue weighted by molar-refractivity contribution is -0.140. The number of hydrogen-bond donors (Lipinski definition) is 2. The molecule has 4 aromatic heterocycles. The van der Waals surface area contributed by atoms with Crippen LogP contribution in [0.4, 0.5) is 18.9 Å². The molecule has 0 aliphatic carbocycles. The van der Waals surface area contributed by atoms with Crippen LogP contribution < -0.4 is 15.8 Å². The fourth-order valence-electron chi connectivity index (χ4n) is 3.89. The zero-order valence-electron chi connectivity index (χ0n) is 20.3. The molecule has 0 saturated heterocycles. The molecule has 0 aliphatic heterocycles. The maximum absolute atomic E-state index is 13.6. The van der Waals surface area contributed by atoms with Gasteiger partial charge in [-0.15, -0.1) is 11.3 Å². The minimum atomic E-state index is -4.76. The summed E-state index contributed by atoms with van der Waals surface area (Å²) in [6, 6.07) is 14.3. The van der Waals surface area contributed by atoms with Crippen LogP contribution in [0.25, 0.3) is 21.5 Å². The van der Waals surface area contributed by atoms with Gasteiger partial charge in [0.05, 0.1) is 12.0 Å². The van der Waals surface area contributed by atoms with Crippen LogP contribution in [0, 0.1) is 0 Å². The van der Waals surface area contributed by atoms with Crippen LogP contribution in [0.1, 0.15) is 44.2 Å². The van der Waals surface area contributed by atoms with Gasteiger partial charge in [0.15, 0.2) is 5.76 Å². The summed E-state index contributed by atoms with van der Waals surface area (Å²) in [4.78, 5) is 28.7. The molecule has 2 amide bonds. The molecule has 5 rings (SSSR count). The van der Waals surface area contributed by atoms with E-state index < -0.39 is 23.7 Å². The first-order valence-corrected chi connectivity index (χ1v) is 12.5. The molecule has 5 aromatic rings. The van der Waals surface area contributed by atoms with Crippen LogP contribution in [-0.2, 0) is 19.2 Å². The molecule has 0 unspecified atom stereocenters. The molecule has 0 aliphatic rings. The van der Waals surface area contributed by atoms with E-state index in [1.54, 1.807) is 6.07 Å². The van der Waals surface area contributed by atoms with Gasteiger partial charge in [-0.1, -0.05) is 19.1 Å². The second-order valence-corrected chi connectivity index (χ2v) is 9.39. The Hall–Kier alpha value is -4.58. The van der Waals surface area contributed by atoms with Crippen molar-refractivity contribution in [3.63, 3.8) is 0 Å². The Labute approximate surface area is 223 Å². The number of nitrogens with zero attached hydrogens (tertiary/aromatic N) is 1. The summed E-state index contributed by atoms with van der Waals surface area (Å²) >= 11 is 0.632. The third-order valence-corrected chi connectivity index (χ3v) is 6.90. The molecule has 0 saturated carbocycles. The lowest BCUT2D eigenvalue weighted by Crippen LogP contribution is -2.16. The van der Waals surface area contributed by atoms with Gasteiger partial charge in [-0.25, -0.2) is 4.98 Å². The number of pyridine rings is 1. The molecule has 0 fully saturated rings. The van der Waals surface area contributed by atoms with Crippen molar-refractivity contribution in [2.24, 2.45) is 5.73 Å². The van der Waals surface area contributed by atoms with Gasteiger partial charge < -0.3 is 24.6 Å². The molecule has 8 nitrogen and oxygen atoms in total. The topological polar surface area (TPSA) is 121 Å². The first kappa shape index (κ1) is 26.0. The molecule has 12 heteroatoms. The molecule has 1 aromatic carbocycles. The van der Waals surface area contributed by atoms with Crippen LogP contribution in [-0.4, -0.2) is 16.8 Å². The predicted octanol–water partition coefficient (Wildman–Crippen LogP) is 6.66. The first-order chi connectivity index (χ1) is 18.6. The summed E-state index contributed by atoms with van der Waals surface area (Å²) in [5.41, 5.74) is 5.38. The van der Waals surface area contributed by atoms with E-state index in [-0.39, 0.29) is 44.5 Å². The van der Waals surface area contributed by atoms with Crippen molar-refractivity contribution in [2.45, 2.75) is 26.1 Å². The molecular weight excluding hydrogens is 535 g/mol. The number of nitrogens with two attached hydrogens (primary N) is 1. The fraction of sp³-hybridized carbons (Fsp3) is 0.148. The highest BCUT2D eigenvalue weighted by Gasteiger charge is 2.35. The van der Waals surface area contributed by atoms with Crippen LogP contribution in [0.5, 0.6) is 5.75 Å². The number of anilines is 1. The normalized spacial score (nSPS) is 11.6. The van der Waals surface area contributed by atoms with Crippen LogP contribution >= 0.6 is 11.3 Å². The van der Waals surface area contributed by atoms with Gasteiger partial charge in [-0.2, -0.15) is 13.2 Å². The van der Waals surface area contributed by atoms with Gasteiger partial charge in [0.1, 0.15) is 39.3 Å². The third kappa shape index (κ3) is 5.36. The SMILES string of the molecule is CCc1ccc(OCc2ccc(C(=O)Nc3c(C(N)=O)sc4nc(C(F)(F)F)cc(-c5ccco5)c34)o2)cc1. The second kappa shape index (κ2) is 10.3. The van der Waals surface area contributed by atoms with Crippen molar-refractivity contribution >= 4 is 39.1 Å². The Kier molecular flexibility index (Phi) is 6.87. The Morgan fingerprint density at radius 3 is 2.54 bits per heavy atom. The zero-order valence-corrected chi connectivity index (χ0v) is 21.1. The largest absolute Gasteiger partial charge is 0.486 e. The molecule has 39 heavy (non-hydrogen) atoms.